The molecule has 0 spiro atoms. The summed E-state index contributed by atoms with van der Waals surface area (Å²) < 4.78 is 3.51. The van der Waals surface area contributed by atoms with Crippen LogP contribution < -0.4 is 0 Å². The quantitative estimate of drug-likeness (QED) is 0.601. The Morgan fingerprint density at radius 1 is 1.25 bits per heavy atom. The molecular weight excluding hydrogens is 214 g/mol. The number of hydrogen-bond donors (Lipinski definition) is 0. The van der Waals surface area contributed by atoms with Gasteiger partial charge in [0.25, 0.3) is 0 Å². The second-order valence-electron chi connectivity index (χ2n) is 3.56. The Balaban J connectivity index is 2.42. The number of aryl methyl sites for hydroxylation is 1. The number of rotatable bonds is 0. The molecule has 0 aliphatic heterocycles. The lowest BCUT2D eigenvalue weighted by molar-refractivity contribution is 0.691. The van der Waals surface area contributed by atoms with Gasteiger partial charge >= 0.3 is 0 Å². The van der Waals surface area contributed by atoms with Crippen molar-refractivity contribution < 1.29 is 0 Å². The van der Waals surface area contributed by atoms with Crippen LogP contribution in [-0.2, 0) is 19.9 Å². The Bertz CT molecular complexity index is 288. The Morgan fingerprint density at radius 3 is 2.83 bits per heavy atom. The molecule has 1 aliphatic carbocycles. The minimum Gasteiger partial charge on any atom is -0.342 e. The molecule has 1 nitrogen and oxygen atoms in total. The first-order valence-electron chi connectivity index (χ1n) is 4.62. The van der Waals surface area contributed by atoms with E-state index in [9.17, 15) is 0 Å². The van der Waals surface area contributed by atoms with Crippen molar-refractivity contribution in [2.24, 2.45) is 7.05 Å². The van der Waals surface area contributed by atoms with Crippen LogP contribution in [0.15, 0.2) is 10.7 Å². The zero-order chi connectivity index (χ0) is 8.55. The summed E-state index contributed by atoms with van der Waals surface area (Å²) in [6, 6.07) is 2.28. The van der Waals surface area contributed by atoms with Crippen LogP contribution >= 0.6 is 15.9 Å². The smallest absolute Gasteiger partial charge is 0.0848 e. The summed E-state index contributed by atoms with van der Waals surface area (Å²) in [5.74, 6) is 0. The highest BCUT2D eigenvalue weighted by atomic mass is 79.9. The Morgan fingerprint density at radius 2 is 2.00 bits per heavy atom. The van der Waals surface area contributed by atoms with Gasteiger partial charge < -0.3 is 4.57 Å². The summed E-state index contributed by atoms with van der Waals surface area (Å²) in [6.45, 7) is 0. The Kier molecular flexibility index (Phi) is 2.26. The molecular formula is C10H14BrN. The van der Waals surface area contributed by atoms with E-state index in [2.05, 4.69) is 33.6 Å². The van der Waals surface area contributed by atoms with Crippen LogP contribution in [0.4, 0.5) is 0 Å². The van der Waals surface area contributed by atoms with Gasteiger partial charge in [-0.1, -0.05) is 6.42 Å². The van der Waals surface area contributed by atoms with E-state index in [0.29, 0.717) is 0 Å². The molecule has 66 valence electrons. The minimum atomic E-state index is 1.23. The molecule has 0 unspecified atom stereocenters. The van der Waals surface area contributed by atoms with Crippen LogP contribution in [0.2, 0.25) is 0 Å². The molecule has 0 fully saturated rings. The zero-order valence-corrected chi connectivity index (χ0v) is 9.02. The van der Waals surface area contributed by atoms with E-state index in [1.54, 1.807) is 11.3 Å². The predicted molar refractivity (Wildman–Crippen MR) is 54.4 cm³/mol. The third-order valence-corrected chi connectivity index (χ3v) is 3.51. The van der Waals surface area contributed by atoms with E-state index in [-0.39, 0.29) is 0 Å². The largest absolute Gasteiger partial charge is 0.342 e. The normalized spacial score (nSPS) is 17.2. The van der Waals surface area contributed by atoms with E-state index >= 15 is 0 Å². The fraction of sp³-hybridized carbons (Fsp3) is 0.600. The van der Waals surface area contributed by atoms with E-state index in [1.807, 2.05) is 0 Å². The average Bonchev–Trinajstić information content (AvgIpc) is 2.30. The molecule has 1 aromatic heterocycles. The molecule has 1 aromatic rings. The monoisotopic (exact) mass is 227 g/mol. The van der Waals surface area contributed by atoms with Gasteiger partial charge in [0, 0.05) is 12.7 Å². The van der Waals surface area contributed by atoms with Crippen LogP contribution in [0.5, 0.6) is 0 Å². The minimum absolute atomic E-state index is 1.23. The zero-order valence-electron chi connectivity index (χ0n) is 7.44. The summed E-state index contributed by atoms with van der Waals surface area (Å²) in [7, 11) is 2.15. The first kappa shape index (κ1) is 8.36. The van der Waals surface area contributed by atoms with Gasteiger partial charge in [-0.3, -0.25) is 0 Å². The van der Waals surface area contributed by atoms with Crippen molar-refractivity contribution in [3.63, 3.8) is 0 Å². The van der Waals surface area contributed by atoms with Crippen LogP contribution in [0.3, 0.4) is 0 Å². The van der Waals surface area contributed by atoms with Crippen molar-refractivity contribution in [2.75, 3.05) is 0 Å². The number of halogens is 1. The topological polar surface area (TPSA) is 4.93 Å². The van der Waals surface area contributed by atoms with Crippen LogP contribution in [0.25, 0.3) is 0 Å². The Labute approximate surface area is 81.9 Å². The van der Waals surface area contributed by atoms with Gasteiger partial charge in [-0.25, -0.2) is 0 Å². The standard InChI is InChI=1S/C10H14BrN/c1-12-9-6-4-2-3-5-8(9)7-10(12)11/h7H,2-6H2,1H3. The molecule has 1 aliphatic rings. The van der Waals surface area contributed by atoms with E-state index in [0.717, 1.165) is 0 Å². The van der Waals surface area contributed by atoms with E-state index < -0.39 is 0 Å². The highest BCUT2D eigenvalue weighted by Gasteiger charge is 2.12. The van der Waals surface area contributed by atoms with Crippen molar-refractivity contribution >= 4 is 15.9 Å². The molecule has 1 heterocycles. The maximum Gasteiger partial charge on any atom is 0.0848 e. The first-order chi connectivity index (χ1) is 5.79. The van der Waals surface area contributed by atoms with Crippen molar-refractivity contribution in [3.8, 4) is 0 Å². The molecule has 0 amide bonds. The number of fused-ring (bicyclic) bond motifs is 1. The third-order valence-electron chi connectivity index (χ3n) is 2.75. The van der Waals surface area contributed by atoms with Gasteiger partial charge in [0.15, 0.2) is 0 Å². The van der Waals surface area contributed by atoms with Gasteiger partial charge in [0.05, 0.1) is 4.60 Å². The molecule has 0 N–H and O–H groups in total. The van der Waals surface area contributed by atoms with Crippen molar-refractivity contribution in [1.82, 2.24) is 4.57 Å². The average molecular weight is 228 g/mol. The second kappa shape index (κ2) is 3.25. The van der Waals surface area contributed by atoms with Gasteiger partial charge in [-0.05, 0) is 53.2 Å². The van der Waals surface area contributed by atoms with E-state index in [4.69, 9.17) is 0 Å². The SMILES string of the molecule is Cn1c(Br)cc2c1CCCCC2. The number of hydrogen-bond acceptors (Lipinski definition) is 0. The maximum absolute atomic E-state index is 3.56. The highest BCUT2D eigenvalue weighted by Crippen LogP contribution is 2.25. The second-order valence-corrected chi connectivity index (χ2v) is 4.37. The Hall–Kier alpha value is -0.240. The fourth-order valence-electron chi connectivity index (χ4n) is 2.00. The molecule has 2 rings (SSSR count). The molecule has 0 atom stereocenters. The van der Waals surface area contributed by atoms with Crippen LogP contribution in [0.1, 0.15) is 30.5 Å². The summed E-state index contributed by atoms with van der Waals surface area (Å²) in [4.78, 5) is 0. The van der Waals surface area contributed by atoms with Crippen LogP contribution in [-0.4, -0.2) is 4.57 Å². The molecule has 2 heteroatoms. The van der Waals surface area contributed by atoms with Gasteiger partial charge in [-0.15, -0.1) is 0 Å². The lowest BCUT2D eigenvalue weighted by Gasteiger charge is -2.03. The van der Waals surface area contributed by atoms with Gasteiger partial charge in [0.2, 0.25) is 0 Å². The van der Waals surface area contributed by atoms with Crippen LogP contribution in [0, 0.1) is 0 Å². The van der Waals surface area contributed by atoms with Crippen molar-refractivity contribution in [2.45, 2.75) is 32.1 Å². The molecule has 0 saturated heterocycles. The van der Waals surface area contributed by atoms with Gasteiger partial charge in [0.1, 0.15) is 0 Å². The lowest BCUT2D eigenvalue weighted by Crippen LogP contribution is -1.97. The summed E-state index contributed by atoms with van der Waals surface area (Å²) in [5.41, 5.74) is 3.10. The van der Waals surface area contributed by atoms with Crippen molar-refractivity contribution in [3.05, 3.63) is 21.9 Å². The molecule has 0 aromatic carbocycles. The molecule has 12 heavy (non-hydrogen) atoms. The predicted octanol–water partition coefficient (Wildman–Crippen LogP) is 3.06. The molecule has 0 saturated carbocycles. The summed E-state index contributed by atoms with van der Waals surface area (Å²) in [5, 5.41) is 0. The van der Waals surface area contributed by atoms with Gasteiger partial charge in [-0.2, -0.15) is 0 Å². The lowest BCUT2D eigenvalue weighted by atomic mass is 10.1. The third kappa shape index (κ3) is 1.33. The summed E-state index contributed by atoms with van der Waals surface area (Å²) in [6.07, 6.45) is 6.65. The van der Waals surface area contributed by atoms with E-state index in [1.165, 1.54) is 36.7 Å². The molecule has 0 radical (unpaired) electrons. The number of nitrogens with zero attached hydrogens (tertiary/aromatic N) is 1. The summed E-state index contributed by atoms with van der Waals surface area (Å²) >= 11 is 3.56. The highest BCUT2D eigenvalue weighted by molar-refractivity contribution is 9.10. The maximum atomic E-state index is 3.56. The fourth-order valence-corrected chi connectivity index (χ4v) is 2.49. The van der Waals surface area contributed by atoms with Crippen molar-refractivity contribution in [1.29, 1.82) is 0 Å². The molecule has 0 bridgehead atoms. The first-order valence-corrected chi connectivity index (χ1v) is 5.41. The number of aromatic nitrogens is 1.